The summed E-state index contributed by atoms with van der Waals surface area (Å²) in [6.07, 6.45) is 4.24. The lowest BCUT2D eigenvalue weighted by Gasteiger charge is -2.12. The molecule has 0 aliphatic carbocycles. The molecule has 0 saturated carbocycles. The highest BCUT2D eigenvalue weighted by molar-refractivity contribution is 7.99. The van der Waals surface area contributed by atoms with Crippen LogP contribution in [0.1, 0.15) is 19.5 Å². The van der Waals surface area contributed by atoms with Crippen LogP contribution in [0.25, 0.3) is 0 Å². The lowest BCUT2D eigenvalue weighted by atomic mass is 10.4. The first kappa shape index (κ1) is 11.4. The summed E-state index contributed by atoms with van der Waals surface area (Å²) in [6.45, 7) is 8.29. The molecule has 3 nitrogen and oxygen atoms in total. The molecular weight excluding hydrogens is 194 g/mol. The molecule has 0 bridgehead atoms. The Morgan fingerprint density at radius 2 is 2.36 bits per heavy atom. The van der Waals surface area contributed by atoms with E-state index < -0.39 is 0 Å². The van der Waals surface area contributed by atoms with E-state index in [0.29, 0.717) is 5.25 Å². The molecule has 1 aromatic heterocycles. The minimum atomic E-state index is 0.626. The SMILES string of the molecule is CCNc1nc(C)cn1CC(C)SC. The molecule has 0 aliphatic rings. The predicted octanol–water partition coefficient (Wildman–Crippen LogP) is 2.37. The summed E-state index contributed by atoms with van der Waals surface area (Å²) in [5.41, 5.74) is 1.08. The standard InChI is InChI=1S/C10H19N3S/c1-5-11-10-12-8(2)6-13(10)7-9(3)14-4/h6,9H,5,7H2,1-4H3,(H,11,12). The molecule has 1 atom stereocenters. The van der Waals surface area contributed by atoms with E-state index in [2.05, 4.69) is 41.2 Å². The number of aryl methyl sites for hydroxylation is 1. The number of nitrogens with zero attached hydrogens (tertiary/aromatic N) is 2. The van der Waals surface area contributed by atoms with E-state index in [0.717, 1.165) is 24.7 Å². The monoisotopic (exact) mass is 213 g/mol. The first-order valence-electron chi connectivity index (χ1n) is 4.97. The first-order valence-corrected chi connectivity index (χ1v) is 6.26. The maximum absolute atomic E-state index is 4.43. The summed E-state index contributed by atoms with van der Waals surface area (Å²) in [4.78, 5) is 4.43. The van der Waals surface area contributed by atoms with Gasteiger partial charge in [-0.2, -0.15) is 11.8 Å². The number of imidazole rings is 1. The highest BCUT2D eigenvalue weighted by atomic mass is 32.2. The van der Waals surface area contributed by atoms with Crippen molar-refractivity contribution in [2.24, 2.45) is 0 Å². The highest BCUT2D eigenvalue weighted by Crippen LogP contribution is 2.14. The Hall–Kier alpha value is -0.640. The lowest BCUT2D eigenvalue weighted by molar-refractivity contribution is 0.696. The van der Waals surface area contributed by atoms with Crippen LogP contribution in [-0.2, 0) is 6.54 Å². The van der Waals surface area contributed by atoms with Gasteiger partial charge < -0.3 is 9.88 Å². The first-order chi connectivity index (χ1) is 6.67. The molecule has 0 amide bonds. The van der Waals surface area contributed by atoms with E-state index in [1.54, 1.807) is 0 Å². The number of thioether (sulfide) groups is 1. The van der Waals surface area contributed by atoms with Crippen LogP contribution in [0.5, 0.6) is 0 Å². The van der Waals surface area contributed by atoms with Crippen LogP contribution < -0.4 is 5.32 Å². The summed E-state index contributed by atoms with van der Waals surface area (Å²) in [7, 11) is 0. The van der Waals surface area contributed by atoms with Crippen molar-refractivity contribution in [3.05, 3.63) is 11.9 Å². The van der Waals surface area contributed by atoms with Crippen molar-refractivity contribution in [3.8, 4) is 0 Å². The minimum absolute atomic E-state index is 0.626. The number of anilines is 1. The van der Waals surface area contributed by atoms with Crippen LogP contribution in [-0.4, -0.2) is 27.6 Å². The van der Waals surface area contributed by atoms with E-state index in [4.69, 9.17) is 0 Å². The van der Waals surface area contributed by atoms with Crippen molar-refractivity contribution in [2.45, 2.75) is 32.6 Å². The maximum Gasteiger partial charge on any atom is 0.203 e. The van der Waals surface area contributed by atoms with Gasteiger partial charge in [0.1, 0.15) is 0 Å². The van der Waals surface area contributed by atoms with E-state index in [-0.39, 0.29) is 0 Å². The van der Waals surface area contributed by atoms with Crippen LogP contribution in [0.15, 0.2) is 6.20 Å². The number of rotatable bonds is 5. The predicted molar refractivity (Wildman–Crippen MR) is 64.1 cm³/mol. The van der Waals surface area contributed by atoms with E-state index in [1.807, 2.05) is 18.7 Å². The third kappa shape index (κ3) is 2.94. The molecule has 0 aromatic carbocycles. The van der Waals surface area contributed by atoms with Gasteiger partial charge in [-0.05, 0) is 20.1 Å². The molecule has 0 spiro atoms. The Balaban J connectivity index is 2.73. The van der Waals surface area contributed by atoms with Gasteiger partial charge in [0.15, 0.2) is 0 Å². The molecule has 0 aliphatic heterocycles. The van der Waals surface area contributed by atoms with Crippen molar-refractivity contribution in [1.82, 2.24) is 9.55 Å². The zero-order valence-electron chi connectivity index (χ0n) is 9.37. The van der Waals surface area contributed by atoms with Crippen molar-refractivity contribution in [3.63, 3.8) is 0 Å². The fourth-order valence-corrected chi connectivity index (χ4v) is 1.65. The largest absolute Gasteiger partial charge is 0.356 e. The maximum atomic E-state index is 4.43. The van der Waals surface area contributed by atoms with E-state index >= 15 is 0 Å². The lowest BCUT2D eigenvalue weighted by Crippen LogP contribution is -2.12. The molecule has 14 heavy (non-hydrogen) atoms. The van der Waals surface area contributed by atoms with Crippen LogP contribution in [0, 0.1) is 6.92 Å². The van der Waals surface area contributed by atoms with Crippen molar-refractivity contribution >= 4 is 17.7 Å². The molecule has 1 rings (SSSR count). The van der Waals surface area contributed by atoms with Crippen LogP contribution in [0.3, 0.4) is 0 Å². The topological polar surface area (TPSA) is 29.9 Å². The molecule has 0 saturated heterocycles. The number of hydrogen-bond donors (Lipinski definition) is 1. The molecular formula is C10H19N3S. The second-order valence-corrected chi connectivity index (χ2v) is 4.71. The van der Waals surface area contributed by atoms with Gasteiger partial charge in [-0.25, -0.2) is 4.98 Å². The molecule has 1 heterocycles. The Morgan fingerprint density at radius 1 is 1.64 bits per heavy atom. The average Bonchev–Trinajstić information content (AvgIpc) is 2.47. The minimum Gasteiger partial charge on any atom is -0.356 e. The van der Waals surface area contributed by atoms with E-state index in [1.165, 1.54) is 0 Å². The highest BCUT2D eigenvalue weighted by Gasteiger charge is 2.07. The summed E-state index contributed by atoms with van der Waals surface area (Å²) in [6, 6.07) is 0. The zero-order chi connectivity index (χ0) is 10.6. The Morgan fingerprint density at radius 3 is 2.93 bits per heavy atom. The van der Waals surface area contributed by atoms with Gasteiger partial charge in [0.25, 0.3) is 0 Å². The molecule has 0 fully saturated rings. The summed E-state index contributed by atoms with van der Waals surface area (Å²) in [5.74, 6) is 0.992. The van der Waals surface area contributed by atoms with Gasteiger partial charge in [0.05, 0.1) is 5.69 Å². The summed E-state index contributed by atoms with van der Waals surface area (Å²) < 4.78 is 2.19. The molecule has 4 heteroatoms. The zero-order valence-corrected chi connectivity index (χ0v) is 10.2. The van der Waals surface area contributed by atoms with Crippen LogP contribution in [0.2, 0.25) is 0 Å². The normalized spacial score (nSPS) is 12.9. The Bertz CT molecular complexity index is 283. The van der Waals surface area contributed by atoms with Gasteiger partial charge in [-0.1, -0.05) is 6.92 Å². The average molecular weight is 213 g/mol. The molecule has 1 unspecified atom stereocenters. The van der Waals surface area contributed by atoms with Gasteiger partial charge in [0, 0.05) is 24.5 Å². The quantitative estimate of drug-likeness (QED) is 0.814. The van der Waals surface area contributed by atoms with Crippen LogP contribution in [0.4, 0.5) is 5.95 Å². The number of hydrogen-bond acceptors (Lipinski definition) is 3. The summed E-state index contributed by atoms with van der Waals surface area (Å²) in [5, 5.41) is 3.89. The Labute approximate surface area is 90.3 Å². The molecule has 1 aromatic rings. The second-order valence-electron chi connectivity index (χ2n) is 3.43. The van der Waals surface area contributed by atoms with Crippen molar-refractivity contribution in [2.75, 3.05) is 18.1 Å². The summed E-state index contributed by atoms with van der Waals surface area (Å²) >= 11 is 1.88. The van der Waals surface area contributed by atoms with Crippen molar-refractivity contribution < 1.29 is 0 Å². The number of aromatic nitrogens is 2. The fraction of sp³-hybridized carbons (Fsp3) is 0.700. The molecule has 1 N–H and O–H groups in total. The third-order valence-corrected chi connectivity index (χ3v) is 3.04. The van der Waals surface area contributed by atoms with Gasteiger partial charge in [-0.15, -0.1) is 0 Å². The third-order valence-electron chi connectivity index (χ3n) is 2.09. The molecule has 80 valence electrons. The fourth-order valence-electron chi connectivity index (χ4n) is 1.34. The molecule has 0 radical (unpaired) electrons. The van der Waals surface area contributed by atoms with Crippen molar-refractivity contribution in [1.29, 1.82) is 0 Å². The van der Waals surface area contributed by atoms with Gasteiger partial charge in [0.2, 0.25) is 5.95 Å². The number of nitrogens with one attached hydrogen (secondary N) is 1. The van der Waals surface area contributed by atoms with Gasteiger partial charge >= 0.3 is 0 Å². The van der Waals surface area contributed by atoms with Gasteiger partial charge in [-0.3, -0.25) is 0 Å². The van der Waals surface area contributed by atoms with E-state index in [9.17, 15) is 0 Å². The Kier molecular flexibility index (Phi) is 4.32. The second kappa shape index (κ2) is 5.29. The smallest absolute Gasteiger partial charge is 0.203 e. The van der Waals surface area contributed by atoms with Crippen LogP contribution >= 0.6 is 11.8 Å².